The summed E-state index contributed by atoms with van der Waals surface area (Å²) in [5.41, 5.74) is 1.10. The van der Waals surface area contributed by atoms with Gasteiger partial charge in [0.25, 0.3) is 0 Å². The van der Waals surface area contributed by atoms with Gasteiger partial charge in [-0.3, -0.25) is 0 Å². The molecule has 0 spiro atoms. The first-order valence-corrected chi connectivity index (χ1v) is 9.39. The molecule has 0 aromatic heterocycles. The maximum absolute atomic E-state index is 11.2. The molecule has 0 saturated heterocycles. The molecule has 10 nitrogen and oxygen atoms in total. The quantitative estimate of drug-likeness (QED) is 0.156. The van der Waals surface area contributed by atoms with E-state index < -0.39 is 25.2 Å². The molecular formula is C24H22O10Ti-2. The molecule has 0 atom stereocenters. The number of hydrogen-bond donors (Lipinski definition) is 0. The molecule has 0 aliphatic rings. The van der Waals surface area contributed by atoms with Gasteiger partial charge >= 0.3 is 21.7 Å². The number of hydrogen-bond acceptors (Lipinski definition) is 10. The van der Waals surface area contributed by atoms with Crippen molar-refractivity contribution in [3.8, 4) is 0 Å². The van der Waals surface area contributed by atoms with Gasteiger partial charge in [-0.05, 0) is 13.8 Å². The standard InChI is InChI=1S/2C10H9O2.2C2H3O3.Ti/c2*1-8(11)7-10(12)9-5-3-2-4-6-9;2*3-1-2(4)5;/h2*2-7H,1H3;2*1H2,(H,4,5);/q4*-1;+4/p-2. The maximum Gasteiger partial charge on any atom is 4.00 e. The molecule has 184 valence electrons. The predicted molar refractivity (Wildman–Crippen MR) is 111 cm³/mol. The van der Waals surface area contributed by atoms with Gasteiger partial charge in [0.15, 0.2) is 0 Å². The minimum atomic E-state index is -1.55. The summed E-state index contributed by atoms with van der Waals surface area (Å²) in [6.07, 6.45) is 2.19. The first-order chi connectivity index (χ1) is 15.9. The number of Topliss-reactive ketones (excluding diaryl/α,β-unsaturated/α-hetero) is 4. The Morgan fingerprint density at radius 1 is 0.600 bits per heavy atom. The summed E-state index contributed by atoms with van der Waals surface area (Å²) in [6, 6.07) is 17.4. The summed E-state index contributed by atoms with van der Waals surface area (Å²) in [4.78, 5) is 61.3. The Kier molecular flexibility index (Phi) is 22.9. The van der Waals surface area contributed by atoms with E-state index in [2.05, 4.69) is 0 Å². The van der Waals surface area contributed by atoms with Gasteiger partial charge in [0.05, 0.1) is 11.6 Å². The second-order valence-corrected chi connectivity index (χ2v) is 6.00. The Labute approximate surface area is 217 Å². The minimum Gasteiger partial charge on any atom is -0.850 e. The van der Waals surface area contributed by atoms with Crippen molar-refractivity contribution >= 4 is 35.1 Å². The Balaban J connectivity index is -0.000000419. The van der Waals surface area contributed by atoms with Crippen LogP contribution in [0.15, 0.2) is 60.7 Å². The zero-order valence-electron chi connectivity index (χ0n) is 18.9. The fraction of sp³-hybridized carbons (Fsp3) is 0.167. The van der Waals surface area contributed by atoms with Crippen LogP contribution < -0.4 is 20.4 Å². The Hall–Kier alpha value is -3.57. The molecule has 0 radical (unpaired) electrons. The van der Waals surface area contributed by atoms with Crippen LogP contribution in [0.25, 0.3) is 0 Å². The molecule has 0 amide bonds. The van der Waals surface area contributed by atoms with Crippen LogP contribution in [-0.4, -0.2) is 48.3 Å². The maximum atomic E-state index is 11.2. The first kappa shape index (κ1) is 36.0. The summed E-state index contributed by atoms with van der Waals surface area (Å²) >= 11 is 0. The summed E-state index contributed by atoms with van der Waals surface area (Å²) in [5.74, 6) is -4.01. The van der Waals surface area contributed by atoms with Crippen molar-refractivity contribution in [2.45, 2.75) is 13.8 Å². The summed E-state index contributed by atoms with van der Waals surface area (Å²) in [7, 11) is 0. The molecule has 0 heterocycles. The number of rotatable bonds is 8. The van der Waals surface area contributed by atoms with Crippen LogP contribution in [0.5, 0.6) is 0 Å². The zero-order chi connectivity index (χ0) is 26.5. The number of carbonyl (C=O) groups is 6. The number of benzene rings is 2. The number of ketones is 4. The van der Waals surface area contributed by atoms with Gasteiger partial charge in [0.2, 0.25) is 0 Å². The van der Waals surface area contributed by atoms with E-state index in [1.165, 1.54) is 13.8 Å². The molecule has 2 aromatic carbocycles. The number of carboxylic acid groups (broad SMARTS) is 2. The molecule has 35 heavy (non-hydrogen) atoms. The monoisotopic (exact) mass is 518 g/mol. The normalized spacial score (nSPS) is 8.34. The van der Waals surface area contributed by atoms with Crippen LogP contribution >= 0.6 is 0 Å². The fourth-order valence-electron chi connectivity index (χ4n) is 1.74. The number of aliphatic carboxylic acids is 2. The van der Waals surface area contributed by atoms with Gasteiger partial charge in [-0.25, -0.2) is 0 Å². The van der Waals surface area contributed by atoms with Crippen molar-refractivity contribution in [2.24, 2.45) is 0 Å². The number of carbonyl (C=O) groups excluding carboxylic acids is 6. The van der Waals surface area contributed by atoms with Crippen molar-refractivity contribution in [1.82, 2.24) is 0 Å². The van der Waals surface area contributed by atoms with Crippen LogP contribution in [0.1, 0.15) is 34.6 Å². The molecule has 0 fully saturated rings. The molecule has 0 aliphatic carbocycles. The summed E-state index contributed by atoms with van der Waals surface area (Å²) < 4.78 is 0. The molecule has 0 N–H and O–H groups in total. The Morgan fingerprint density at radius 3 is 1.00 bits per heavy atom. The molecule has 0 saturated carbocycles. The summed E-state index contributed by atoms with van der Waals surface area (Å²) in [6.45, 7) is 0.446. The zero-order valence-corrected chi connectivity index (χ0v) is 20.5. The largest absolute Gasteiger partial charge is 4.00 e. The van der Waals surface area contributed by atoms with Crippen molar-refractivity contribution < 1.29 is 70.9 Å². The van der Waals surface area contributed by atoms with E-state index in [1.807, 2.05) is 12.1 Å². The van der Waals surface area contributed by atoms with Crippen LogP contribution in [0.2, 0.25) is 0 Å². The van der Waals surface area contributed by atoms with Gasteiger partial charge in [-0.2, -0.15) is 0 Å². The third-order valence-corrected chi connectivity index (χ3v) is 3.02. The predicted octanol–water partition coefficient (Wildman–Crippen LogP) is -2.48. The molecular weight excluding hydrogens is 496 g/mol. The van der Waals surface area contributed by atoms with Crippen LogP contribution in [0, 0.1) is 12.8 Å². The van der Waals surface area contributed by atoms with Crippen LogP contribution in [-0.2, 0) is 40.9 Å². The molecule has 2 rings (SSSR count). The van der Waals surface area contributed by atoms with Crippen LogP contribution in [0.4, 0.5) is 0 Å². The van der Waals surface area contributed by atoms with Crippen molar-refractivity contribution in [2.75, 3.05) is 13.2 Å². The average molecular weight is 518 g/mol. The van der Waals surface area contributed by atoms with Crippen LogP contribution in [0.3, 0.4) is 0 Å². The summed E-state index contributed by atoms with van der Waals surface area (Å²) in [5, 5.41) is 35.8. The molecule has 0 unspecified atom stereocenters. The van der Waals surface area contributed by atoms with E-state index >= 15 is 0 Å². The third-order valence-electron chi connectivity index (χ3n) is 3.02. The topological polar surface area (TPSA) is 195 Å². The first-order valence-electron chi connectivity index (χ1n) is 9.39. The SMILES string of the molecule is CC(=O)[CH-]C(=O)c1ccccc1.CC(=O)[CH-]C(=O)c1ccccc1.O=C([O-])C[O-].O=C([O-])C[O-].[Ti+4]. The van der Waals surface area contributed by atoms with E-state index in [1.54, 1.807) is 48.5 Å². The van der Waals surface area contributed by atoms with Crippen molar-refractivity contribution in [3.05, 3.63) is 84.6 Å². The van der Waals surface area contributed by atoms with Crippen molar-refractivity contribution in [3.63, 3.8) is 0 Å². The van der Waals surface area contributed by atoms with Gasteiger partial charge in [-0.1, -0.05) is 49.6 Å². The van der Waals surface area contributed by atoms with Gasteiger partial charge in [0.1, 0.15) is 0 Å². The fourth-order valence-corrected chi connectivity index (χ4v) is 1.74. The Bertz CT molecular complexity index is 850. The molecule has 11 heteroatoms. The minimum absolute atomic E-state index is 0. The smallest absolute Gasteiger partial charge is 0.850 e. The van der Waals surface area contributed by atoms with Gasteiger partial charge in [-0.15, -0.1) is 48.2 Å². The average Bonchev–Trinajstić information content (AvgIpc) is 2.80. The van der Waals surface area contributed by atoms with Gasteiger partial charge in [0, 0.05) is 23.5 Å². The van der Waals surface area contributed by atoms with E-state index in [0.717, 1.165) is 12.8 Å². The molecule has 0 aliphatic heterocycles. The second kappa shape index (κ2) is 22.2. The van der Waals surface area contributed by atoms with E-state index in [4.69, 9.17) is 30.0 Å². The van der Waals surface area contributed by atoms with Crippen molar-refractivity contribution in [1.29, 1.82) is 0 Å². The third kappa shape index (κ3) is 23.4. The van der Waals surface area contributed by atoms with Gasteiger partial charge < -0.3 is 49.2 Å². The van der Waals surface area contributed by atoms with E-state index in [-0.39, 0.29) is 44.9 Å². The molecule has 0 bridgehead atoms. The Morgan fingerprint density at radius 2 is 0.829 bits per heavy atom. The van der Waals surface area contributed by atoms with E-state index in [0.29, 0.717) is 11.1 Å². The second-order valence-electron chi connectivity index (χ2n) is 6.00. The van der Waals surface area contributed by atoms with E-state index in [9.17, 15) is 19.2 Å². The number of carboxylic acids is 2. The molecule has 2 aromatic rings.